The number of alkyl halides is 2. The molecule has 1 aliphatic heterocycles. The number of benzene rings is 1. The summed E-state index contributed by atoms with van der Waals surface area (Å²) in [7, 11) is 0. The molecule has 0 unspecified atom stereocenters. The first-order chi connectivity index (χ1) is 12.6. The minimum atomic E-state index is -2.84. The number of fused-ring (bicyclic) bond motifs is 1. The van der Waals surface area contributed by atoms with Gasteiger partial charge in [0.1, 0.15) is 12.1 Å². The van der Waals surface area contributed by atoms with Crippen LogP contribution in [0.3, 0.4) is 0 Å². The maximum atomic E-state index is 14.4. The molecule has 0 saturated carbocycles. The summed E-state index contributed by atoms with van der Waals surface area (Å²) in [5, 5.41) is 11.0. The predicted molar refractivity (Wildman–Crippen MR) is 95.1 cm³/mol. The lowest BCUT2D eigenvalue weighted by Gasteiger charge is -2.34. The molecular formula is C18H20F2N6. The molecule has 0 spiro atoms. The van der Waals surface area contributed by atoms with Gasteiger partial charge in [-0.05, 0) is 12.8 Å². The van der Waals surface area contributed by atoms with Gasteiger partial charge in [-0.25, -0.2) is 9.97 Å². The SMILES string of the molecule is FC(F)(CN1CCC(Nc2ncnc3[nH]ncc23)CC1)c1ccccc1. The summed E-state index contributed by atoms with van der Waals surface area (Å²) < 4.78 is 28.9. The minimum absolute atomic E-state index is 0.0728. The fraction of sp³-hybridized carbons (Fsp3) is 0.389. The van der Waals surface area contributed by atoms with Gasteiger partial charge in [0.25, 0.3) is 5.92 Å². The highest BCUT2D eigenvalue weighted by Gasteiger charge is 2.35. The van der Waals surface area contributed by atoms with Gasteiger partial charge >= 0.3 is 0 Å². The summed E-state index contributed by atoms with van der Waals surface area (Å²) >= 11 is 0. The second kappa shape index (κ2) is 6.95. The van der Waals surface area contributed by atoms with Crippen LogP contribution >= 0.6 is 0 Å². The zero-order valence-electron chi connectivity index (χ0n) is 14.2. The molecule has 2 aromatic heterocycles. The van der Waals surface area contributed by atoms with Gasteiger partial charge < -0.3 is 5.32 Å². The fourth-order valence-corrected chi connectivity index (χ4v) is 3.36. The number of nitrogens with one attached hydrogen (secondary N) is 2. The molecule has 0 amide bonds. The highest BCUT2D eigenvalue weighted by Crippen LogP contribution is 2.30. The van der Waals surface area contributed by atoms with E-state index in [1.54, 1.807) is 24.4 Å². The van der Waals surface area contributed by atoms with Crippen molar-refractivity contribution in [3.8, 4) is 0 Å². The Hall–Kier alpha value is -2.61. The molecule has 1 saturated heterocycles. The molecule has 1 aromatic carbocycles. The standard InChI is InChI=1S/C18H20F2N6/c19-18(20,13-4-2-1-3-5-13)11-26-8-6-14(7-9-26)24-16-15-10-23-25-17(15)22-12-21-16/h1-5,10,12,14H,6-9,11H2,(H2,21,22,23,24,25). The lowest BCUT2D eigenvalue weighted by molar-refractivity contribution is -0.0421. The molecule has 4 rings (SSSR count). The molecule has 1 fully saturated rings. The number of H-pyrrole nitrogens is 1. The number of aromatic nitrogens is 4. The van der Waals surface area contributed by atoms with Crippen molar-refractivity contribution in [2.75, 3.05) is 25.0 Å². The fourth-order valence-electron chi connectivity index (χ4n) is 3.36. The van der Waals surface area contributed by atoms with Crippen LogP contribution in [0.2, 0.25) is 0 Å². The smallest absolute Gasteiger partial charge is 0.285 e. The number of likely N-dealkylation sites (tertiary alicyclic amines) is 1. The van der Waals surface area contributed by atoms with Crippen LogP contribution in [0.25, 0.3) is 11.0 Å². The Morgan fingerprint density at radius 1 is 1.15 bits per heavy atom. The monoisotopic (exact) mass is 358 g/mol. The summed E-state index contributed by atoms with van der Waals surface area (Å²) in [6, 6.07) is 8.22. The normalized spacial score (nSPS) is 16.8. The largest absolute Gasteiger partial charge is 0.367 e. The van der Waals surface area contributed by atoms with E-state index in [9.17, 15) is 8.78 Å². The number of hydrogen-bond donors (Lipinski definition) is 2. The van der Waals surface area contributed by atoms with E-state index in [0.29, 0.717) is 18.7 Å². The van der Waals surface area contributed by atoms with Gasteiger partial charge in [-0.2, -0.15) is 13.9 Å². The van der Waals surface area contributed by atoms with Crippen molar-refractivity contribution in [2.45, 2.75) is 24.8 Å². The molecule has 26 heavy (non-hydrogen) atoms. The Labute approximate surface area is 149 Å². The van der Waals surface area contributed by atoms with Crippen LogP contribution in [-0.2, 0) is 5.92 Å². The quantitative estimate of drug-likeness (QED) is 0.734. The van der Waals surface area contributed by atoms with Crippen LogP contribution in [0.15, 0.2) is 42.9 Å². The maximum Gasteiger partial charge on any atom is 0.285 e. The maximum absolute atomic E-state index is 14.4. The van der Waals surface area contributed by atoms with Gasteiger partial charge in [0.15, 0.2) is 5.65 Å². The summed E-state index contributed by atoms with van der Waals surface area (Å²) in [5.74, 6) is -2.10. The van der Waals surface area contributed by atoms with E-state index in [-0.39, 0.29) is 18.2 Å². The first-order valence-electron chi connectivity index (χ1n) is 8.68. The Bertz CT molecular complexity index is 858. The second-order valence-electron chi connectivity index (χ2n) is 6.62. The third-order valence-corrected chi connectivity index (χ3v) is 4.79. The number of anilines is 1. The number of piperidine rings is 1. The minimum Gasteiger partial charge on any atom is -0.367 e. The van der Waals surface area contributed by atoms with E-state index in [0.717, 1.165) is 24.0 Å². The molecule has 2 N–H and O–H groups in total. The first-order valence-corrected chi connectivity index (χ1v) is 8.68. The zero-order valence-corrected chi connectivity index (χ0v) is 14.2. The van der Waals surface area contributed by atoms with Crippen LogP contribution in [-0.4, -0.2) is 50.7 Å². The predicted octanol–water partition coefficient (Wildman–Crippen LogP) is 3.02. The summed E-state index contributed by atoms with van der Waals surface area (Å²) in [6.45, 7) is 1.00. The molecule has 6 nitrogen and oxygen atoms in total. The van der Waals surface area contributed by atoms with Gasteiger partial charge in [0.2, 0.25) is 0 Å². The van der Waals surface area contributed by atoms with E-state index >= 15 is 0 Å². The topological polar surface area (TPSA) is 69.7 Å². The van der Waals surface area contributed by atoms with Crippen LogP contribution in [0.4, 0.5) is 14.6 Å². The molecule has 0 atom stereocenters. The summed E-state index contributed by atoms with van der Waals surface area (Å²) in [6.07, 6.45) is 4.74. The first kappa shape index (κ1) is 16.8. The third-order valence-electron chi connectivity index (χ3n) is 4.79. The van der Waals surface area contributed by atoms with Crippen LogP contribution in [0.1, 0.15) is 18.4 Å². The molecule has 3 heterocycles. The summed E-state index contributed by atoms with van der Waals surface area (Å²) in [5.41, 5.74) is 0.756. The van der Waals surface area contributed by atoms with E-state index in [1.165, 1.54) is 18.5 Å². The zero-order chi connectivity index (χ0) is 18.0. The highest BCUT2D eigenvalue weighted by molar-refractivity contribution is 5.85. The van der Waals surface area contributed by atoms with Crippen molar-refractivity contribution in [1.82, 2.24) is 25.1 Å². The number of halogens is 2. The molecule has 0 aliphatic carbocycles. The van der Waals surface area contributed by atoms with Crippen molar-refractivity contribution in [2.24, 2.45) is 0 Å². The number of rotatable bonds is 5. The highest BCUT2D eigenvalue weighted by atomic mass is 19.3. The van der Waals surface area contributed by atoms with E-state index in [4.69, 9.17) is 0 Å². The van der Waals surface area contributed by atoms with Crippen LogP contribution < -0.4 is 5.32 Å². The molecule has 3 aromatic rings. The Morgan fingerprint density at radius 2 is 1.92 bits per heavy atom. The van der Waals surface area contributed by atoms with Crippen LogP contribution in [0.5, 0.6) is 0 Å². The van der Waals surface area contributed by atoms with Gasteiger partial charge in [0.05, 0.1) is 18.1 Å². The van der Waals surface area contributed by atoms with E-state index in [1.807, 2.05) is 4.90 Å². The molecule has 1 aliphatic rings. The average Bonchev–Trinajstić information content (AvgIpc) is 3.14. The molecular weight excluding hydrogens is 338 g/mol. The Kier molecular flexibility index (Phi) is 4.50. The van der Waals surface area contributed by atoms with Crippen molar-refractivity contribution in [3.05, 3.63) is 48.4 Å². The van der Waals surface area contributed by atoms with E-state index < -0.39 is 5.92 Å². The Balaban J connectivity index is 1.35. The average molecular weight is 358 g/mol. The molecule has 8 heteroatoms. The number of hydrogen-bond acceptors (Lipinski definition) is 5. The Morgan fingerprint density at radius 3 is 2.69 bits per heavy atom. The number of aromatic amines is 1. The second-order valence-corrected chi connectivity index (χ2v) is 6.62. The number of nitrogens with zero attached hydrogens (tertiary/aromatic N) is 4. The van der Waals surface area contributed by atoms with Gasteiger partial charge in [0, 0.05) is 24.7 Å². The van der Waals surface area contributed by atoms with Gasteiger partial charge in [-0.3, -0.25) is 10.00 Å². The van der Waals surface area contributed by atoms with Crippen molar-refractivity contribution >= 4 is 16.9 Å². The van der Waals surface area contributed by atoms with Crippen molar-refractivity contribution in [1.29, 1.82) is 0 Å². The summed E-state index contributed by atoms with van der Waals surface area (Å²) in [4.78, 5) is 10.2. The van der Waals surface area contributed by atoms with Gasteiger partial charge in [-0.1, -0.05) is 30.3 Å². The lowest BCUT2D eigenvalue weighted by Crippen LogP contribution is -2.43. The van der Waals surface area contributed by atoms with Crippen molar-refractivity contribution < 1.29 is 8.78 Å². The molecule has 0 radical (unpaired) electrons. The third kappa shape index (κ3) is 3.50. The molecule has 0 bridgehead atoms. The lowest BCUT2D eigenvalue weighted by atomic mass is 10.0. The van der Waals surface area contributed by atoms with Crippen LogP contribution in [0, 0.1) is 0 Å². The molecule has 136 valence electrons. The van der Waals surface area contributed by atoms with Crippen molar-refractivity contribution in [3.63, 3.8) is 0 Å². The van der Waals surface area contributed by atoms with E-state index in [2.05, 4.69) is 25.5 Å². The van der Waals surface area contributed by atoms with Gasteiger partial charge in [-0.15, -0.1) is 0 Å².